The normalized spacial score (nSPS) is 10.6. The summed E-state index contributed by atoms with van der Waals surface area (Å²) in [6.45, 7) is 8.59. The van der Waals surface area contributed by atoms with Crippen LogP contribution in [-0.2, 0) is 38.3 Å². The molecule has 0 bridgehead atoms. The summed E-state index contributed by atoms with van der Waals surface area (Å²) < 4.78 is 10.4. The molecule has 0 amide bonds. The molecule has 2 N–H and O–H groups in total. The van der Waals surface area contributed by atoms with E-state index < -0.39 is 25.2 Å². The molecule has 6 nitrogen and oxygen atoms in total. The zero-order chi connectivity index (χ0) is 25.6. The van der Waals surface area contributed by atoms with Crippen LogP contribution >= 0.6 is 0 Å². The van der Waals surface area contributed by atoms with E-state index in [1.165, 1.54) is 24.8 Å². The van der Waals surface area contributed by atoms with Gasteiger partial charge in [0.05, 0.1) is 37.6 Å². The molecule has 0 radical (unpaired) electrons. The predicted molar refractivity (Wildman–Crippen MR) is 137 cm³/mol. The van der Waals surface area contributed by atoms with Gasteiger partial charge in [0, 0.05) is 12.8 Å². The van der Waals surface area contributed by atoms with Gasteiger partial charge in [-0.15, -0.1) is 0 Å². The van der Waals surface area contributed by atoms with Crippen LogP contribution in [0.25, 0.3) is 11.1 Å². The second-order valence-corrected chi connectivity index (χ2v) is 8.49. The van der Waals surface area contributed by atoms with Crippen LogP contribution in [0.5, 0.6) is 0 Å². The van der Waals surface area contributed by atoms with Crippen LogP contribution in [0.3, 0.4) is 0 Å². The predicted octanol–water partition coefficient (Wildman–Crippen LogP) is 4.35. The number of aryl methyl sites for hydroxylation is 1. The lowest BCUT2D eigenvalue weighted by atomic mass is 9.96. The molecule has 188 valence electrons. The fourth-order valence-corrected chi connectivity index (χ4v) is 3.52. The molecule has 0 aliphatic rings. The van der Waals surface area contributed by atoms with Crippen LogP contribution < -0.4 is 0 Å². The van der Waals surface area contributed by atoms with Gasteiger partial charge in [0.15, 0.2) is 0 Å². The Morgan fingerprint density at radius 1 is 0.714 bits per heavy atom. The van der Waals surface area contributed by atoms with Crippen molar-refractivity contribution in [1.29, 1.82) is 0 Å². The van der Waals surface area contributed by atoms with E-state index in [1.54, 1.807) is 0 Å². The fourth-order valence-electron chi connectivity index (χ4n) is 3.52. The number of esters is 2. The first-order valence-electron chi connectivity index (χ1n) is 12.0. The molecule has 0 fully saturated rings. The SMILES string of the molecule is C=C(CO)C(=O)OCCc1cc(CCOC(=O)C(=C)CO)cc(-c2ccc(CCCCC)cc2)c1. The molecule has 0 saturated heterocycles. The first kappa shape index (κ1) is 28.0. The van der Waals surface area contributed by atoms with Crippen molar-refractivity contribution in [2.24, 2.45) is 0 Å². The summed E-state index contributed by atoms with van der Waals surface area (Å²) in [7, 11) is 0. The maximum absolute atomic E-state index is 11.8. The Kier molecular flexibility index (Phi) is 11.9. The van der Waals surface area contributed by atoms with Crippen molar-refractivity contribution in [1.82, 2.24) is 0 Å². The molecular weight excluding hydrogens is 444 g/mol. The van der Waals surface area contributed by atoms with Crippen molar-refractivity contribution < 1.29 is 29.3 Å². The Balaban J connectivity index is 2.15. The highest BCUT2D eigenvalue weighted by atomic mass is 16.5. The number of ether oxygens (including phenoxy) is 2. The number of unbranched alkanes of at least 4 members (excludes halogenated alkanes) is 2. The number of aliphatic hydroxyl groups excluding tert-OH is 2. The third-order valence-electron chi connectivity index (χ3n) is 5.62. The quantitative estimate of drug-likeness (QED) is 0.224. The molecule has 0 atom stereocenters. The van der Waals surface area contributed by atoms with E-state index in [-0.39, 0.29) is 24.4 Å². The van der Waals surface area contributed by atoms with E-state index in [2.05, 4.69) is 56.5 Å². The third kappa shape index (κ3) is 9.51. The molecule has 0 unspecified atom stereocenters. The highest BCUT2D eigenvalue weighted by Gasteiger charge is 2.10. The smallest absolute Gasteiger partial charge is 0.335 e. The third-order valence-corrected chi connectivity index (χ3v) is 5.62. The largest absolute Gasteiger partial charge is 0.462 e. The first-order chi connectivity index (χ1) is 16.9. The number of aliphatic hydroxyl groups is 2. The van der Waals surface area contributed by atoms with Crippen molar-refractivity contribution >= 4 is 11.9 Å². The number of carbonyl (C=O) groups excluding carboxylic acids is 2. The van der Waals surface area contributed by atoms with Gasteiger partial charge >= 0.3 is 11.9 Å². The summed E-state index contributed by atoms with van der Waals surface area (Å²) in [6, 6.07) is 14.6. The lowest BCUT2D eigenvalue weighted by molar-refractivity contribution is -0.140. The van der Waals surface area contributed by atoms with Crippen molar-refractivity contribution in [2.45, 2.75) is 45.4 Å². The molecule has 0 heterocycles. The van der Waals surface area contributed by atoms with E-state index in [4.69, 9.17) is 19.7 Å². The van der Waals surface area contributed by atoms with Gasteiger partial charge in [-0.05, 0) is 40.7 Å². The average Bonchev–Trinajstić information content (AvgIpc) is 2.88. The topological polar surface area (TPSA) is 93.1 Å². The van der Waals surface area contributed by atoms with Crippen LogP contribution in [0, 0.1) is 0 Å². The van der Waals surface area contributed by atoms with E-state index in [0.29, 0.717) is 12.8 Å². The van der Waals surface area contributed by atoms with E-state index in [1.807, 2.05) is 6.07 Å². The zero-order valence-electron chi connectivity index (χ0n) is 20.6. The molecule has 2 rings (SSSR count). The van der Waals surface area contributed by atoms with Gasteiger partial charge in [0.1, 0.15) is 0 Å². The van der Waals surface area contributed by atoms with E-state index in [0.717, 1.165) is 28.7 Å². The minimum absolute atomic E-state index is 0.0183. The van der Waals surface area contributed by atoms with Gasteiger partial charge in [-0.25, -0.2) is 9.59 Å². The summed E-state index contributed by atoms with van der Waals surface area (Å²) >= 11 is 0. The highest BCUT2D eigenvalue weighted by Crippen LogP contribution is 2.24. The van der Waals surface area contributed by atoms with Crippen molar-refractivity contribution in [3.63, 3.8) is 0 Å². The Morgan fingerprint density at radius 3 is 1.69 bits per heavy atom. The van der Waals surface area contributed by atoms with Crippen LogP contribution in [-0.4, -0.2) is 48.6 Å². The lowest BCUT2D eigenvalue weighted by Gasteiger charge is -2.12. The molecule has 0 spiro atoms. The lowest BCUT2D eigenvalue weighted by Crippen LogP contribution is -2.13. The Hall–Kier alpha value is -3.22. The van der Waals surface area contributed by atoms with Crippen LogP contribution in [0.2, 0.25) is 0 Å². The molecule has 0 aliphatic heterocycles. The van der Waals surface area contributed by atoms with Crippen LogP contribution in [0.15, 0.2) is 66.8 Å². The minimum Gasteiger partial charge on any atom is -0.462 e. The van der Waals surface area contributed by atoms with Crippen LogP contribution in [0.4, 0.5) is 0 Å². The fraction of sp³-hybridized carbons (Fsp3) is 0.379. The van der Waals surface area contributed by atoms with Gasteiger partial charge in [-0.1, -0.05) is 75.4 Å². The number of hydrogen-bond donors (Lipinski definition) is 2. The van der Waals surface area contributed by atoms with Gasteiger partial charge in [0.25, 0.3) is 0 Å². The molecule has 0 aliphatic carbocycles. The van der Waals surface area contributed by atoms with E-state index in [9.17, 15) is 9.59 Å². The first-order valence-corrected chi connectivity index (χ1v) is 12.0. The Bertz CT molecular complexity index is 954. The molecule has 35 heavy (non-hydrogen) atoms. The molecular formula is C29H36O6. The van der Waals surface area contributed by atoms with Crippen molar-refractivity contribution in [3.8, 4) is 11.1 Å². The van der Waals surface area contributed by atoms with Gasteiger partial charge < -0.3 is 19.7 Å². The molecule has 2 aromatic rings. The number of hydrogen-bond acceptors (Lipinski definition) is 6. The summed E-state index contributed by atoms with van der Waals surface area (Å²) in [5.74, 6) is -1.22. The molecule has 2 aromatic carbocycles. The number of rotatable bonds is 15. The van der Waals surface area contributed by atoms with Crippen molar-refractivity contribution in [2.75, 3.05) is 26.4 Å². The average molecular weight is 481 g/mol. The number of benzene rings is 2. The standard InChI is InChI=1S/C29H36O6/c1-4-5-6-7-23-8-10-26(11-9-23)27-17-24(12-14-34-28(32)21(2)19-30)16-25(18-27)13-15-35-29(33)22(3)20-31/h8-11,16-18,30-31H,2-7,12-15,19-20H2,1H3. The van der Waals surface area contributed by atoms with Gasteiger partial charge in [0.2, 0.25) is 0 Å². The monoisotopic (exact) mass is 480 g/mol. The zero-order valence-corrected chi connectivity index (χ0v) is 20.6. The minimum atomic E-state index is -0.612. The maximum atomic E-state index is 11.8. The highest BCUT2D eigenvalue weighted by molar-refractivity contribution is 5.88. The van der Waals surface area contributed by atoms with Gasteiger partial charge in [-0.3, -0.25) is 0 Å². The van der Waals surface area contributed by atoms with E-state index >= 15 is 0 Å². The van der Waals surface area contributed by atoms with Crippen molar-refractivity contribution in [3.05, 3.63) is 83.5 Å². The second-order valence-electron chi connectivity index (χ2n) is 8.49. The van der Waals surface area contributed by atoms with Gasteiger partial charge in [-0.2, -0.15) is 0 Å². The summed E-state index contributed by atoms with van der Waals surface area (Å²) in [5.41, 5.74) is 5.38. The maximum Gasteiger partial charge on any atom is 0.335 e. The number of carbonyl (C=O) groups is 2. The molecule has 0 saturated carbocycles. The van der Waals surface area contributed by atoms with Crippen LogP contribution in [0.1, 0.15) is 42.9 Å². The second kappa shape index (κ2) is 14.9. The summed E-state index contributed by atoms with van der Waals surface area (Å²) in [6.07, 6.45) is 5.63. The Labute approximate surface area is 207 Å². The molecule has 0 aromatic heterocycles. The summed E-state index contributed by atoms with van der Waals surface area (Å²) in [4.78, 5) is 23.6. The molecule has 6 heteroatoms. The Morgan fingerprint density at radius 2 is 1.23 bits per heavy atom. The summed E-state index contributed by atoms with van der Waals surface area (Å²) in [5, 5.41) is 18.0.